The Bertz CT molecular complexity index is 749. The van der Waals surface area contributed by atoms with Crippen molar-refractivity contribution in [2.45, 2.75) is 12.8 Å². The number of amides is 1. The Morgan fingerprint density at radius 3 is 2.52 bits per heavy atom. The Balaban J connectivity index is 1.74. The molecule has 2 rings (SSSR count). The molecule has 0 bridgehead atoms. The third-order valence-electron chi connectivity index (χ3n) is 3.35. The summed E-state index contributed by atoms with van der Waals surface area (Å²) >= 11 is 5.63. The fourth-order valence-electron chi connectivity index (χ4n) is 2.03. The van der Waals surface area contributed by atoms with Crippen LogP contribution in [0.25, 0.3) is 0 Å². The smallest absolute Gasteiger partial charge is 0.306 e. The molecule has 0 heterocycles. The summed E-state index contributed by atoms with van der Waals surface area (Å²) in [6.45, 7) is -0.483. The summed E-state index contributed by atoms with van der Waals surface area (Å²) in [5, 5.41) is 2.54. The lowest BCUT2D eigenvalue weighted by atomic mass is 10.1. The van der Waals surface area contributed by atoms with Crippen molar-refractivity contribution in [2.24, 2.45) is 0 Å². The summed E-state index contributed by atoms with van der Waals surface area (Å²) in [5.41, 5.74) is 0.925. The summed E-state index contributed by atoms with van der Waals surface area (Å²) in [6, 6.07) is 11.2. The van der Waals surface area contributed by atoms with Crippen LogP contribution in [0.15, 0.2) is 42.5 Å². The SMILES string of the molecule is COc1ccc(CCC(=O)OCC(=O)Nc2ccc(Cl)cc2F)cc1. The molecule has 0 fully saturated rings. The summed E-state index contributed by atoms with van der Waals surface area (Å²) < 4.78 is 23.5. The van der Waals surface area contributed by atoms with Crippen LogP contribution in [0.3, 0.4) is 0 Å². The van der Waals surface area contributed by atoms with E-state index in [0.29, 0.717) is 6.42 Å². The highest BCUT2D eigenvalue weighted by atomic mass is 35.5. The van der Waals surface area contributed by atoms with Gasteiger partial charge in [0.1, 0.15) is 11.6 Å². The van der Waals surface area contributed by atoms with Gasteiger partial charge >= 0.3 is 5.97 Å². The molecule has 0 saturated heterocycles. The van der Waals surface area contributed by atoms with Gasteiger partial charge in [-0.25, -0.2) is 4.39 Å². The van der Waals surface area contributed by atoms with Crippen molar-refractivity contribution in [3.05, 3.63) is 58.9 Å². The van der Waals surface area contributed by atoms with E-state index in [1.165, 1.54) is 12.1 Å². The molecule has 0 aliphatic heterocycles. The van der Waals surface area contributed by atoms with Gasteiger partial charge in [0, 0.05) is 11.4 Å². The molecule has 5 nitrogen and oxygen atoms in total. The lowest BCUT2D eigenvalue weighted by Crippen LogP contribution is -2.21. The molecule has 0 aliphatic carbocycles. The zero-order valence-electron chi connectivity index (χ0n) is 13.6. The highest BCUT2D eigenvalue weighted by Gasteiger charge is 2.11. The Morgan fingerprint density at radius 1 is 1.16 bits per heavy atom. The lowest BCUT2D eigenvalue weighted by molar-refractivity contribution is -0.147. The molecule has 0 spiro atoms. The van der Waals surface area contributed by atoms with Crippen LogP contribution in [0, 0.1) is 5.82 Å². The number of ether oxygens (including phenoxy) is 2. The molecule has 0 aliphatic rings. The van der Waals surface area contributed by atoms with Crippen LogP contribution < -0.4 is 10.1 Å². The van der Waals surface area contributed by atoms with E-state index in [0.717, 1.165) is 17.4 Å². The van der Waals surface area contributed by atoms with Crippen molar-refractivity contribution in [1.82, 2.24) is 0 Å². The van der Waals surface area contributed by atoms with E-state index in [9.17, 15) is 14.0 Å². The summed E-state index contributed by atoms with van der Waals surface area (Å²) in [7, 11) is 1.58. The van der Waals surface area contributed by atoms with Crippen molar-refractivity contribution in [2.75, 3.05) is 19.0 Å². The number of rotatable bonds is 7. The van der Waals surface area contributed by atoms with E-state index in [-0.39, 0.29) is 17.1 Å². The Kier molecular flexibility index (Phi) is 6.77. The van der Waals surface area contributed by atoms with E-state index >= 15 is 0 Å². The largest absolute Gasteiger partial charge is 0.497 e. The molecule has 2 aromatic carbocycles. The number of hydrogen-bond acceptors (Lipinski definition) is 4. The number of aryl methyl sites for hydroxylation is 1. The minimum absolute atomic E-state index is 0.0244. The van der Waals surface area contributed by atoms with Crippen molar-refractivity contribution < 1.29 is 23.5 Å². The first kappa shape index (κ1) is 18.7. The second-order valence-corrected chi connectivity index (χ2v) is 5.62. The molecule has 7 heteroatoms. The molecular formula is C18H17ClFNO4. The normalized spacial score (nSPS) is 10.2. The van der Waals surface area contributed by atoms with Gasteiger partial charge in [-0.15, -0.1) is 0 Å². The molecule has 0 aromatic heterocycles. The molecule has 0 unspecified atom stereocenters. The number of carbonyl (C=O) groups excluding carboxylic acids is 2. The van der Waals surface area contributed by atoms with Gasteiger partial charge in [-0.1, -0.05) is 23.7 Å². The Morgan fingerprint density at radius 2 is 1.88 bits per heavy atom. The van der Waals surface area contributed by atoms with Crippen LogP contribution in [0.5, 0.6) is 5.75 Å². The zero-order valence-corrected chi connectivity index (χ0v) is 14.3. The monoisotopic (exact) mass is 365 g/mol. The lowest BCUT2D eigenvalue weighted by Gasteiger charge is -2.08. The molecular weight excluding hydrogens is 349 g/mol. The molecule has 1 N–H and O–H groups in total. The van der Waals surface area contributed by atoms with Crippen LogP contribution in [0.4, 0.5) is 10.1 Å². The maximum absolute atomic E-state index is 13.6. The number of carbonyl (C=O) groups is 2. The number of esters is 1. The van der Waals surface area contributed by atoms with Crippen LogP contribution in [-0.2, 0) is 20.7 Å². The van der Waals surface area contributed by atoms with Crippen LogP contribution >= 0.6 is 11.6 Å². The average Bonchev–Trinajstić information content (AvgIpc) is 2.61. The first-order chi connectivity index (χ1) is 12.0. The summed E-state index contributed by atoms with van der Waals surface area (Å²) in [5.74, 6) is -1.06. The quantitative estimate of drug-likeness (QED) is 0.761. The van der Waals surface area contributed by atoms with Crippen LogP contribution in [0.2, 0.25) is 5.02 Å². The fourth-order valence-corrected chi connectivity index (χ4v) is 2.19. The van der Waals surface area contributed by atoms with Crippen molar-refractivity contribution >= 4 is 29.2 Å². The summed E-state index contributed by atoms with van der Waals surface area (Å²) in [6.07, 6.45) is 0.616. The van der Waals surface area contributed by atoms with Gasteiger partial charge in [-0.2, -0.15) is 0 Å². The maximum Gasteiger partial charge on any atom is 0.306 e. The highest BCUT2D eigenvalue weighted by Crippen LogP contribution is 2.18. The van der Waals surface area contributed by atoms with Gasteiger partial charge in [-0.3, -0.25) is 9.59 Å². The minimum Gasteiger partial charge on any atom is -0.497 e. The standard InChI is InChI=1S/C18H17ClFNO4/c1-24-14-6-2-12(3-7-14)4-9-18(23)25-11-17(22)21-16-8-5-13(19)10-15(16)20/h2-3,5-8,10H,4,9,11H2,1H3,(H,21,22). The van der Waals surface area contributed by atoms with E-state index in [2.05, 4.69) is 5.32 Å². The van der Waals surface area contributed by atoms with Gasteiger partial charge < -0.3 is 14.8 Å². The second kappa shape index (κ2) is 9.03. The number of anilines is 1. The van der Waals surface area contributed by atoms with E-state index < -0.39 is 24.3 Å². The first-order valence-electron chi connectivity index (χ1n) is 7.51. The van der Waals surface area contributed by atoms with Crippen molar-refractivity contribution in [3.63, 3.8) is 0 Å². The third-order valence-corrected chi connectivity index (χ3v) is 3.58. The predicted octanol–water partition coefficient (Wildman–Crippen LogP) is 3.60. The number of methoxy groups -OCH3 is 1. The number of benzene rings is 2. The Hall–Kier alpha value is -2.60. The number of nitrogens with one attached hydrogen (secondary N) is 1. The fraction of sp³-hybridized carbons (Fsp3) is 0.222. The molecule has 0 saturated carbocycles. The summed E-state index contributed by atoms with van der Waals surface area (Å²) in [4.78, 5) is 23.4. The van der Waals surface area contributed by atoms with E-state index in [4.69, 9.17) is 21.1 Å². The minimum atomic E-state index is -0.660. The second-order valence-electron chi connectivity index (χ2n) is 5.18. The molecule has 1 amide bonds. The van der Waals surface area contributed by atoms with Gasteiger partial charge in [0.2, 0.25) is 0 Å². The first-order valence-corrected chi connectivity index (χ1v) is 7.89. The van der Waals surface area contributed by atoms with E-state index in [1.54, 1.807) is 19.2 Å². The van der Waals surface area contributed by atoms with Gasteiger partial charge in [0.15, 0.2) is 6.61 Å². The average molecular weight is 366 g/mol. The number of halogens is 2. The van der Waals surface area contributed by atoms with Crippen LogP contribution in [0.1, 0.15) is 12.0 Å². The highest BCUT2D eigenvalue weighted by molar-refractivity contribution is 6.30. The maximum atomic E-state index is 13.6. The number of hydrogen-bond donors (Lipinski definition) is 1. The van der Waals surface area contributed by atoms with Crippen molar-refractivity contribution in [1.29, 1.82) is 0 Å². The zero-order chi connectivity index (χ0) is 18.2. The molecule has 0 atom stereocenters. The predicted molar refractivity (Wildman–Crippen MR) is 92.3 cm³/mol. The van der Waals surface area contributed by atoms with Crippen molar-refractivity contribution in [3.8, 4) is 5.75 Å². The molecule has 2 aromatic rings. The Labute approximate surface area is 149 Å². The molecule has 132 valence electrons. The van der Waals surface area contributed by atoms with Crippen LogP contribution in [-0.4, -0.2) is 25.6 Å². The van der Waals surface area contributed by atoms with E-state index in [1.807, 2.05) is 12.1 Å². The topological polar surface area (TPSA) is 64.6 Å². The van der Waals surface area contributed by atoms with Gasteiger partial charge in [0.25, 0.3) is 5.91 Å². The third kappa shape index (κ3) is 6.08. The van der Waals surface area contributed by atoms with Gasteiger partial charge in [-0.05, 0) is 42.3 Å². The molecule has 0 radical (unpaired) electrons. The van der Waals surface area contributed by atoms with Gasteiger partial charge in [0.05, 0.1) is 12.8 Å². The molecule has 25 heavy (non-hydrogen) atoms.